The van der Waals surface area contributed by atoms with Crippen molar-refractivity contribution in [3.05, 3.63) is 0 Å². The highest BCUT2D eigenvalue weighted by atomic mass is 16.6. The first-order chi connectivity index (χ1) is 35.3. The number of Topliss-reactive ketones (excluding diaryl/α,β-unsaturated/α-hetero) is 5. The Balaban J connectivity index is -0.000000272. The number of hydrogen-bond donors (Lipinski definition) is 0. The van der Waals surface area contributed by atoms with Crippen LogP contribution in [0.25, 0.3) is 0 Å². The first kappa shape index (κ1) is 79.4. The summed E-state index contributed by atoms with van der Waals surface area (Å²) in [5, 5.41) is 0. The van der Waals surface area contributed by atoms with Gasteiger partial charge < -0.3 is 71.3 Å². The van der Waals surface area contributed by atoms with Crippen molar-refractivity contribution in [2.75, 3.05) is 88.4 Å². The van der Waals surface area contributed by atoms with E-state index in [0.717, 1.165) is 51.4 Å². The number of ketones is 5. The van der Waals surface area contributed by atoms with E-state index in [1.807, 2.05) is 27.7 Å². The quantitative estimate of drug-likeness (QED) is 0.0318. The van der Waals surface area contributed by atoms with Crippen LogP contribution in [0.1, 0.15) is 178 Å². The van der Waals surface area contributed by atoms with Crippen LogP contribution in [-0.4, -0.2) is 159 Å². The third kappa shape index (κ3) is 71.6. The molecule has 0 aromatic carbocycles. The maximum absolute atomic E-state index is 11.3. The average molecular weight is 1080 g/mol. The van der Waals surface area contributed by atoms with E-state index in [2.05, 4.69) is 0 Å². The van der Waals surface area contributed by atoms with Crippen LogP contribution in [0.3, 0.4) is 0 Å². The molecule has 20 heteroatoms. The van der Waals surface area contributed by atoms with Gasteiger partial charge in [0.15, 0.2) is 0 Å². The van der Waals surface area contributed by atoms with E-state index in [1.54, 1.807) is 42.5 Å². The molecular formula is C55H100O20. The molecule has 0 amide bonds. The number of hydrogen-bond acceptors (Lipinski definition) is 20. The molecule has 0 aromatic rings. The number of methoxy groups -OCH3 is 5. The maximum Gasteiger partial charge on any atom is 0.309 e. The van der Waals surface area contributed by atoms with Gasteiger partial charge in [-0.25, -0.2) is 0 Å². The highest BCUT2D eigenvalue weighted by Crippen LogP contribution is 2.08. The minimum Gasteiger partial charge on any atom is -0.466 e. The normalized spacial score (nSPS) is 12.2. The van der Waals surface area contributed by atoms with E-state index < -0.39 is 0 Å². The molecule has 0 saturated heterocycles. The summed E-state index contributed by atoms with van der Waals surface area (Å²) in [4.78, 5) is 109. The van der Waals surface area contributed by atoms with E-state index in [1.165, 1.54) is 34.6 Å². The highest BCUT2D eigenvalue weighted by Gasteiger charge is 2.16. The molecule has 0 aliphatic carbocycles. The summed E-state index contributed by atoms with van der Waals surface area (Å²) in [6.07, 6.45) is 9.23. The topological polar surface area (TPSA) is 263 Å². The number of unbranched alkanes of at least 4 members (excludes halogenated alkanes) is 1. The lowest BCUT2D eigenvalue weighted by molar-refractivity contribution is -0.149. The summed E-state index contributed by atoms with van der Waals surface area (Å²) >= 11 is 0. The van der Waals surface area contributed by atoms with Crippen molar-refractivity contribution in [3.63, 3.8) is 0 Å². The number of ether oxygens (including phenoxy) is 10. The van der Waals surface area contributed by atoms with E-state index in [-0.39, 0.29) is 135 Å². The number of carbonyl (C=O) groups excluding carboxylic acids is 10. The second-order valence-corrected chi connectivity index (χ2v) is 18.4. The average Bonchev–Trinajstić information content (AvgIpc) is 3.36. The van der Waals surface area contributed by atoms with E-state index in [4.69, 9.17) is 47.4 Å². The standard InChI is InChI=1S/5C11H20O4/c2*1-9(6-7-14-3)8-15-11(13)5-4-10(2)12;2*1-9(12)6-7-11(13)15-8-4-5-10(2)14-3;1-9(8-10(2)12)11(13)15-7-5-4-6-14-3/h2*9H,4-8H2,1-3H3;2*10H,4-8H2,1-3H3;9H,4-8H2,1-3H3. The van der Waals surface area contributed by atoms with Crippen LogP contribution in [0.2, 0.25) is 0 Å². The predicted octanol–water partition coefficient (Wildman–Crippen LogP) is 8.14. The van der Waals surface area contributed by atoms with Gasteiger partial charge in [-0.05, 0) is 112 Å². The minimum absolute atomic E-state index is 0.0128. The van der Waals surface area contributed by atoms with Crippen molar-refractivity contribution in [1.29, 1.82) is 0 Å². The lowest BCUT2D eigenvalue weighted by atomic mass is 10.1. The first-order valence-corrected chi connectivity index (χ1v) is 26.1. The Morgan fingerprint density at radius 3 is 0.933 bits per heavy atom. The van der Waals surface area contributed by atoms with Crippen molar-refractivity contribution in [3.8, 4) is 0 Å². The van der Waals surface area contributed by atoms with Gasteiger partial charge in [0.1, 0.15) is 28.9 Å². The Morgan fingerprint density at radius 1 is 0.333 bits per heavy atom. The Hall–Kier alpha value is -4.50. The molecule has 0 rings (SSSR count). The van der Waals surface area contributed by atoms with Gasteiger partial charge in [0.2, 0.25) is 0 Å². The molecule has 75 heavy (non-hydrogen) atoms. The lowest BCUT2D eigenvalue weighted by Crippen LogP contribution is -2.17. The SMILES string of the molecule is COC(C)CCCOC(=O)CCC(C)=O.COC(C)CCCOC(=O)CCC(C)=O.COCCC(C)COC(=O)CCC(C)=O.COCCC(C)COC(=O)CCC(C)=O.COCCCCOC(=O)C(C)CC(C)=O. The van der Waals surface area contributed by atoms with Crippen LogP contribution < -0.4 is 0 Å². The van der Waals surface area contributed by atoms with Crippen LogP contribution >= 0.6 is 0 Å². The van der Waals surface area contributed by atoms with E-state index >= 15 is 0 Å². The van der Waals surface area contributed by atoms with Gasteiger partial charge in [0.25, 0.3) is 0 Å². The van der Waals surface area contributed by atoms with Crippen molar-refractivity contribution >= 4 is 58.8 Å². The minimum atomic E-state index is -0.329. The summed E-state index contributed by atoms with van der Waals surface area (Å²) < 4.78 is 49.7. The smallest absolute Gasteiger partial charge is 0.309 e. The van der Waals surface area contributed by atoms with E-state index in [9.17, 15) is 47.9 Å². The van der Waals surface area contributed by atoms with Crippen molar-refractivity contribution < 1.29 is 95.3 Å². The molecule has 0 saturated carbocycles. The lowest BCUT2D eigenvalue weighted by Gasteiger charge is -2.11. The zero-order valence-electron chi connectivity index (χ0n) is 48.7. The van der Waals surface area contributed by atoms with Gasteiger partial charge in [-0.2, -0.15) is 0 Å². The molecular weight excluding hydrogens is 981 g/mol. The molecule has 440 valence electrons. The fraction of sp³-hybridized carbons (Fsp3) is 0.818. The third-order valence-electron chi connectivity index (χ3n) is 10.2. The summed E-state index contributed by atoms with van der Waals surface area (Å²) in [5.41, 5.74) is 0. The van der Waals surface area contributed by atoms with Crippen molar-refractivity contribution in [2.45, 2.75) is 191 Å². The number of carbonyl (C=O) groups is 10. The Bertz CT molecular complexity index is 1430. The molecule has 20 nitrogen and oxygen atoms in total. The van der Waals surface area contributed by atoms with Gasteiger partial charge in [0.05, 0.1) is 76.8 Å². The molecule has 5 unspecified atom stereocenters. The molecule has 0 aromatic heterocycles. The van der Waals surface area contributed by atoms with Crippen LogP contribution in [0.4, 0.5) is 0 Å². The monoisotopic (exact) mass is 1080 g/mol. The predicted molar refractivity (Wildman–Crippen MR) is 283 cm³/mol. The molecule has 0 radical (unpaired) electrons. The Morgan fingerprint density at radius 2 is 0.640 bits per heavy atom. The molecule has 0 N–H and O–H groups in total. The molecule has 0 aliphatic heterocycles. The number of rotatable bonds is 40. The van der Waals surface area contributed by atoms with Crippen molar-refractivity contribution in [2.24, 2.45) is 17.8 Å². The maximum atomic E-state index is 11.3. The first-order valence-electron chi connectivity index (χ1n) is 26.1. The van der Waals surface area contributed by atoms with Crippen LogP contribution in [-0.2, 0) is 95.3 Å². The molecule has 0 fully saturated rings. The second-order valence-electron chi connectivity index (χ2n) is 18.4. The van der Waals surface area contributed by atoms with Gasteiger partial charge >= 0.3 is 29.8 Å². The van der Waals surface area contributed by atoms with Crippen molar-refractivity contribution in [1.82, 2.24) is 0 Å². The van der Waals surface area contributed by atoms with Crippen LogP contribution in [0.5, 0.6) is 0 Å². The van der Waals surface area contributed by atoms with E-state index in [0.29, 0.717) is 64.7 Å². The second kappa shape index (κ2) is 57.2. The van der Waals surface area contributed by atoms with Crippen LogP contribution in [0, 0.1) is 17.8 Å². The fourth-order valence-electron chi connectivity index (χ4n) is 5.20. The zero-order valence-corrected chi connectivity index (χ0v) is 48.7. The third-order valence-corrected chi connectivity index (χ3v) is 10.2. The molecule has 0 spiro atoms. The summed E-state index contributed by atoms with van der Waals surface area (Å²) in [5.74, 6) is -1.14. The van der Waals surface area contributed by atoms with Crippen LogP contribution in [0.15, 0.2) is 0 Å². The van der Waals surface area contributed by atoms with Gasteiger partial charge in [-0.1, -0.05) is 20.8 Å². The molecule has 0 aliphatic rings. The Labute approximate surface area is 449 Å². The van der Waals surface area contributed by atoms with Gasteiger partial charge in [-0.15, -0.1) is 0 Å². The number of esters is 5. The highest BCUT2D eigenvalue weighted by molar-refractivity contribution is 5.83. The largest absolute Gasteiger partial charge is 0.466 e. The summed E-state index contributed by atoms with van der Waals surface area (Å²) in [7, 11) is 8.24. The zero-order chi connectivity index (χ0) is 58.4. The fourth-order valence-corrected chi connectivity index (χ4v) is 5.20. The van der Waals surface area contributed by atoms with Gasteiger partial charge in [0, 0.05) is 87.5 Å². The summed E-state index contributed by atoms with van der Waals surface area (Å²) in [6, 6.07) is 0. The summed E-state index contributed by atoms with van der Waals surface area (Å²) in [6.45, 7) is 21.0. The Kier molecular flexibility index (Phi) is 60.5. The molecule has 0 bridgehead atoms. The van der Waals surface area contributed by atoms with Gasteiger partial charge in [-0.3, -0.25) is 24.0 Å². The molecule has 5 atom stereocenters. The molecule has 0 heterocycles.